The molecular weight excluding hydrogens is 521 g/mol. The maximum Gasteiger partial charge on any atom is 0.335 e. The Morgan fingerprint density at radius 2 is 1.79 bits per heavy atom. The molecule has 2 fully saturated rings. The van der Waals surface area contributed by atoms with Crippen molar-refractivity contribution in [2.24, 2.45) is 5.92 Å². The number of carboxylic acid groups (broad SMARTS) is 1. The van der Waals surface area contributed by atoms with Crippen molar-refractivity contribution in [2.45, 2.75) is 45.6 Å². The van der Waals surface area contributed by atoms with Crippen LogP contribution in [0.2, 0.25) is 10.0 Å². The summed E-state index contributed by atoms with van der Waals surface area (Å²) in [5.74, 6) is 0.391. The molecule has 1 N–H and O–H groups in total. The summed E-state index contributed by atoms with van der Waals surface area (Å²) in [5, 5.41) is 10.6. The van der Waals surface area contributed by atoms with E-state index >= 15 is 0 Å². The number of aryl methyl sites for hydroxylation is 1. The Morgan fingerprint density at radius 1 is 1.13 bits per heavy atom. The van der Waals surface area contributed by atoms with Crippen molar-refractivity contribution in [1.82, 2.24) is 0 Å². The van der Waals surface area contributed by atoms with E-state index in [-0.39, 0.29) is 6.10 Å². The van der Waals surface area contributed by atoms with Gasteiger partial charge in [0.15, 0.2) is 0 Å². The molecule has 0 unspecified atom stereocenters. The van der Waals surface area contributed by atoms with Crippen LogP contribution in [0.4, 0.5) is 5.69 Å². The Bertz CT molecular complexity index is 1250. The summed E-state index contributed by atoms with van der Waals surface area (Å²) >= 11 is 13.0. The van der Waals surface area contributed by atoms with Crippen LogP contribution < -0.4 is 4.90 Å². The van der Waals surface area contributed by atoms with Crippen LogP contribution in [-0.2, 0) is 14.3 Å². The first kappa shape index (κ1) is 28.3. The number of nitrogens with zero attached hydrogens (tertiary/aromatic N) is 1. The highest BCUT2D eigenvalue weighted by atomic mass is 35.5. The molecule has 0 radical (unpaired) electrons. The molecule has 0 amide bonds. The number of hydrogen-bond donors (Lipinski definition) is 1. The normalized spacial score (nSPS) is 17.3. The van der Waals surface area contributed by atoms with E-state index in [1.165, 1.54) is 0 Å². The number of carbonyl (C=O) groups is 1. The maximum absolute atomic E-state index is 11.6. The van der Waals surface area contributed by atoms with Gasteiger partial charge < -0.3 is 19.5 Å². The predicted molar refractivity (Wildman–Crippen MR) is 156 cm³/mol. The zero-order valence-electron chi connectivity index (χ0n) is 22.2. The first-order chi connectivity index (χ1) is 18.2. The van der Waals surface area contributed by atoms with Crippen LogP contribution in [0.25, 0.3) is 11.1 Å². The van der Waals surface area contributed by atoms with E-state index in [1.54, 1.807) is 20.1 Å². The summed E-state index contributed by atoms with van der Waals surface area (Å²) in [4.78, 5) is 13.9. The highest BCUT2D eigenvalue weighted by molar-refractivity contribution is 6.37. The summed E-state index contributed by atoms with van der Waals surface area (Å²) in [7, 11) is 1.70. The molecule has 1 aliphatic carbocycles. The molecule has 38 heavy (non-hydrogen) atoms. The number of rotatable bonds is 10. The van der Waals surface area contributed by atoms with E-state index in [4.69, 9.17) is 32.7 Å². The summed E-state index contributed by atoms with van der Waals surface area (Å²) in [5.41, 5.74) is 5.53. The molecule has 0 spiro atoms. The average molecular weight is 557 g/mol. The molecule has 1 heterocycles. The van der Waals surface area contributed by atoms with E-state index in [2.05, 4.69) is 17.5 Å². The molecule has 2 aromatic carbocycles. The van der Waals surface area contributed by atoms with Crippen molar-refractivity contribution in [2.75, 3.05) is 31.7 Å². The number of ether oxygens (including phenoxy) is 2. The number of anilines is 1. The Kier molecular flexibility index (Phi) is 9.24. The van der Waals surface area contributed by atoms with Crippen molar-refractivity contribution >= 4 is 46.0 Å². The quantitative estimate of drug-likeness (QED) is 0.184. The van der Waals surface area contributed by atoms with Crippen LogP contribution >= 0.6 is 23.2 Å². The smallest absolute Gasteiger partial charge is 0.335 e. The third-order valence-electron chi connectivity index (χ3n) is 7.38. The van der Waals surface area contributed by atoms with Gasteiger partial charge in [-0.25, -0.2) is 4.79 Å². The molecule has 0 bridgehead atoms. The lowest BCUT2D eigenvalue weighted by Gasteiger charge is -2.34. The minimum absolute atomic E-state index is 0.107. The van der Waals surface area contributed by atoms with Crippen molar-refractivity contribution in [1.29, 1.82) is 0 Å². The number of methoxy groups -OCH3 is 1. The minimum Gasteiger partial charge on any atom is -0.500 e. The van der Waals surface area contributed by atoms with Gasteiger partial charge in [0.2, 0.25) is 0 Å². The van der Waals surface area contributed by atoms with Crippen LogP contribution in [0, 0.1) is 12.8 Å². The van der Waals surface area contributed by atoms with Gasteiger partial charge in [-0.05, 0) is 80.5 Å². The first-order valence-corrected chi connectivity index (χ1v) is 13.8. The molecule has 0 atom stereocenters. The van der Waals surface area contributed by atoms with Gasteiger partial charge in [-0.2, -0.15) is 0 Å². The lowest BCUT2D eigenvalue weighted by molar-refractivity contribution is -0.130. The number of benzene rings is 2. The number of halogens is 2. The highest BCUT2D eigenvalue weighted by Gasteiger charge is 2.32. The average Bonchev–Trinajstić information content (AvgIpc) is 3.73. The van der Waals surface area contributed by atoms with Gasteiger partial charge in [0.1, 0.15) is 5.76 Å². The summed E-state index contributed by atoms with van der Waals surface area (Å²) in [6.07, 6.45) is 5.70. The Labute approximate surface area is 235 Å². The first-order valence-electron chi connectivity index (χ1n) is 13.0. The summed E-state index contributed by atoms with van der Waals surface area (Å²) < 4.78 is 12.3. The molecule has 0 aromatic heterocycles. The molecule has 1 aliphatic heterocycles. The van der Waals surface area contributed by atoms with Gasteiger partial charge in [0, 0.05) is 45.9 Å². The molecule has 5 nitrogen and oxygen atoms in total. The monoisotopic (exact) mass is 555 g/mol. The molecule has 202 valence electrons. The van der Waals surface area contributed by atoms with Gasteiger partial charge in [0.05, 0.1) is 25.4 Å². The molecule has 4 rings (SSSR count). The number of aliphatic carboxylic acids is 1. The molecule has 1 saturated carbocycles. The second kappa shape index (κ2) is 12.4. The van der Waals surface area contributed by atoms with Crippen LogP contribution in [0.3, 0.4) is 0 Å². The predicted octanol–water partition coefficient (Wildman–Crippen LogP) is 7.80. The van der Waals surface area contributed by atoms with E-state index in [0.29, 0.717) is 28.1 Å². The number of allylic oxidation sites excluding steroid dienone is 2. The van der Waals surface area contributed by atoms with E-state index < -0.39 is 5.97 Å². The van der Waals surface area contributed by atoms with Gasteiger partial charge in [0.25, 0.3) is 0 Å². The fourth-order valence-electron chi connectivity index (χ4n) is 5.15. The van der Waals surface area contributed by atoms with E-state index in [0.717, 1.165) is 78.1 Å². The molecule has 1 saturated heterocycles. The Hall–Kier alpha value is -2.73. The molecule has 7 heteroatoms. The number of hydrogen-bond acceptors (Lipinski definition) is 4. The summed E-state index contributed by atoms with van der Waals surface area (Å²) in [6, 6.07) is 11.5. The lowest BCUT2D eigenvalue weighted by atomic mass is 9.97. The van der Waals surface area contributed by atoms with Crippen LogP contribution in [0.5, 0.6) is 0 Å². The Balaban J connectivity index is 1.43. The lowest BCUT2D eigenvalue weighted by Crippen LogP contribution is -2.37. The second-order valence-corrected chi connectivity index (χ2v) is 10.7. The number of carboxylic acids is 1. The standard InChI is InChI=1S/C31H35Cl2NO4/c1-5-24(31(35)36)25-12-11-22(17-19(25)2)34-15-13-23(14-16-34)38-18-26(30(37-4)21-9-10-21)20(3)29-27(32)7-6-8-28(29)33/h5-8,11-12,17,21,23H,3,9-10,13-16,18H2,1-2,4H3,(H,35,36)/b24-5+,30-26-. The van der Waals surface area contributed by atoms with Crippen molar-refractivity contribution < 1.29 is 19.4 Å². The fourth-order valence-corrected chi connectivity index (χ4v) is 5.77. The topological polar surface area (TPSA) is 59.0 Å². The fraction of sp³-hybridized carbons (Fsp3) is 0.387. The van der Waals surface area contributed by atoms with Crippen molar-refractivity contribution in [3.05, 3.63) is 87.1 Å². The van der Waals surface area contributed by atoms with Crippen LogP contribution in [0.15, 0.2) is 60.4 Å². The summed E-state index contributed by atoms with van der Waals surface area (Å²) in [6.45, 7) is 10.2. The highest BCUT2D eigenvalue weighted by Crippen LogP contribution is 2.43. The third-order valence-corrected chi connectivity index (χ3v) is 8.01. The zero-order chi connectivity index (χ0) is 27.4. The maximum atomic E-state index is 11.6. The Morgan fingerprint density at radius 3 is 2.32 bits per heavy atom. The number of piperidine rings is 1. The van der Waals surface area contributed by atoms with Gasteiger partial charge in [-0.15, -0.1) is 0 Å². The SMILES string of the molecule is C=C(/C(COC1CCN(c2ccc(/C(=C\C)C(=O)O)c(C)c2)CC1)=C(\OC)C1CC1)c1c(Cl)cccc1Cl. The van der Waals surface area contributed by atoms with Gasteiger partial charge in [-0.1, -0.05) is 48.0 Å². The largest absolute Gasteiger partial charge is 0.500 e. The minimum atomic E-state index is -0.910. The van der Waals surface area contributed by atoms with Gasteiger partial charge in [-0.3, -0.25) is 0 Å². The van der Waals surface area contributed by atoms with Crippen molar-refractivity contribution in [3.8, 4) is 0 Å². The third kappa shape index (κ3) is 6.28. The van der Waals surface area contributed by atoms with Crippen molar-refractivity contribution in [3.63, 3.8) is 0 Å². The molecule has 2 aromatic rings. The second-order valence-electron chi connectivity index (χ2n) is 9.90. The van der Waals surface area contributed by atoms with E-state index in [9.17, 15) is 9.90 Å². The molecule has 2 aliphatic rings. The zero-order valence-corrected chi connectivity index (χ0v) is 23.7. The van der Waals surface area contributed by atoms with Gasteiger partial charge >= 0.3 is 5.97 Å². The van der Waals surface area contributed by atoms with E-state index in [1.807, 2.05) is 37.3 Å². The van der Waals surface area contributed by atoms with Crippen LogP contribution in [0.1, 0.15) is 49.3 Å². The molecular formula is C31H35Cl2NO4. The van der Waals surface area contributed by atoms with Crippen LogP contribution in [-0.4, -0.2) is 44.0 Å².